The molecule has 2 fully saturated rings. The van der Waals surface area contributed by atoms with Crippen LogP contribution in [0.2, 0.25) is 5.02 Å². The first-order valence-electron chi connectivity index (χ1n) is 10.6. The summed E-state index contributed by atoms with van der Waals surface area (Å²) in [6.07, 6.45) is 8.15. The quantitative estimate of drug-likeness (QED) is 0.601. The standard InChI is InChI=1S/C21H26ClN7O2/c22-16-11-26-18(28-21(31)14-3-1-5-23-10-14)9-15(16)17-12-24-13-19(27-17)25-6-8-29-7-2-4-20(29)30/h9,11-14,23H,1-8,10H2,(H,25,27)(H,26,28,31)/t14-/m1/s1. The molecule has 164 valence electrons. The van der Waals surface area contributed by atoms with Crippen molar-refractivity contribution < 1.29 is 9.59 Å². The van der Waals surface area contributed by atoms with E-state index in [0.717, 1.165) is 32.4 Å². The van der Waals surface area contributed by atoms with E-state index in [1.54, 1.807) is 18.5 Å². The van der Waals surface area contributed by atoms with Gasteiger partial charge in [0, 0.05) is 44.4 Å². The zero-order valence-electron chi connectivity index (χ0n) is 17.2. The smallest absolute Gasteiger partial charge is 0.229 e. The van der Waals surface area contributed by atoms with Crippen molar-refractivity contribution in [3.05, 3.63) is 29.7 Å². The molecule has 4 heterocycles. The van der Waals surface area contributed by atoms with Crippen molar-refractivity contribution in [2.24, 2.45) is 5.92 Å². The van der Waals surface area contributed by atoms with Gasteiger partial charge in [-0.15, -0.1) is 0 Å². The molecule has 0 aromatic carbocycles. The van der Waals surface area contributed by atoms with Crippen LogP contribution in [0.5, 0.6) is 0 Å². The summed E-state index contributed by atoms with van der Waals surface area (Å²) in [6, 6.07) is 1.72. The van der Waals surface area contributed by atoms with Crippen molar-refractivity contribution >= 4 is 35.1 Å². The number of likely N-dealkylation sites (tertiary alicyclic amines) is 1. The number of nitrogens with one attached hydrogen (secondary N) is 3. The lowest BCUT2D eigenvalue weighted by molar-refractivity contribution is -0.127. The van der Waals surface area contributed by atoms with Crippen molar-refractivity contribution in [1.29, 1.82) is 0 Å². The summed E-state index contributed by atoms with van der Waals surface area (Å²) in [5.74, 6) is 1.11. The van der Waals surface area contributed by atoms with Crippen LogP contribution in [-0.4, -0.2) is 64.4 Å². The molecule has 1 atom stereocenters. The van der Waals surface area contributed by atoms with Crippen LogP contribution in [0.4, 0.5) is 11.6 Å². The van der Waals surface area contributed by atoms with Crippen LogP contribution in [0.15, 0.2) is 24.7 Å². The van der Waals surface area contributed by atoms with E-state index in [9.17, 15) is 9.59 Å². The fourth-order valence-electron chi connectivity index (χ4n) is 3.85. The summed E-state index contributed by atoms with van der Waals surface area (Å²) in [6.45, 7) is 3.65. The molecule has 2 aromatic rings. The van der Waals surface area contributed by atoms with Gasteiger partial charge in [-0.1, -0.05) is 11.6 Å². The lowest BCUT2D eigenvalue weighted by Crippen LogP contribution is -2.37. The minimum atomic E-state index is -0.0653. The van der Waals surface area contributed by atoms with Crippen LogP contribution in [0.3, 0.4) is 0 Å². The van der Waals surface area contributed by atoms with E-state index < -0.39 is 0 Å². The molecular formula is C21H26ClN7O2. The van der Waals surface area contributed by atoms with Crippen LogP contribution in [0.1, 0.15) is 25.7 Å². The van der Waals surface area contributed by atoms with Gasteiger partial charge >= 0.3 is 0 Å². The third-order valence-corrected chi connectivity index (χ3v) is 5.85. The highest BCUT2D eigenvalue weighted by atomic mass is 35.5. The van der Waals surface area contributed by atoms with Gasteiger partial charge in [-0.3, -0.25) is 14.6 Å². The Morgan fingerprint density at radius 2 is 2.16 bits per heavy atom. The first-order valence-corrected chi connectivity index (χ1v) is 11.0. The number of aromatic nitrogens is 3. The molecule has 31 heavy (non-hydrogen) atoms. The zero-order valence-corrected chi connectivity index (χ0v) is 18.0. The molecule has 2 saturated heterocycles. The number of hydrogen-bond donors (Lipinski definition) is 3. The second kappa shape index (κ2) is 10.0. The highest BCUT2D eigenvalue weighted by Gasteiger charge is 2.22. The van der Waals surface area contributed by atoms with E-state index in [-0.39, 0.29) is 17.7 Å². The Bertz CT molecular complexity index is 949. The fourth-order valence-corrected chi connectivity index (χ4v) is 4.05. The predicted molar refractivity (Wildman–Crippen MR) is 119 cm³/mol. The van der Waals surface area contributed by atoms with Crippen LogP contribution < -0.4 is 16.0 Å². The molecule has 0 saturated carbocycles. The van der Waals surface area contributed by atoms with Gasteiger partial charge < -0.3 is 20.9 Å². The maximum Gasteiger partial charge on any atom is 0.229 e. The highest BCUT2D eigenvalue weighted by molar-refractivity contribution is 6.33. The van der Waals surface area contributed by atoms with Crippen LogP contribution in [0, 0.1) is 5.92 Å². The summed E-state index contributed by atoms with van der Waals surface area (Å²) in [5, 5.41) is 9.76. The molecule has 10 heteroatoms. The van der Waals surface area contributed by atoms with Gasteiger partial charge in [-0.2, -0.15) is 0 Å². The summed E-state index contributed by atoms with van der Waals surface area (Å²) in [5.41, 5.74) is 1.21. The number of pyridine rings is 1. The molecule has 0 unspecified atom stereocenters. The molecule has 0 radical (unpaired) electrons. The number of nitrogens with zero attached hydrogens (tertiary/aromatic N) is 4. The van der Waals surface area contributed by atoms with Gasteiger partial charge in [0.25, 0.3) is 0 Å². The fraction of sp³-hybridized carbons (Fsp3) is 0.476. The number of piperidine rings is 1. The molecular weight excluding hydrogens is 418 g/mol. The number of anilines is 2. The molecule has 9 nitrogen and oxygen atoms in total. The highest BCUT2D eigenvalue weighted by Crippen LogP contribution is 2.28. The third kappa shape index (κ3) is 5.48. The summed E-state index contributed by atoms with van der Waals surface area (Å²) in [7, 11) is 0. The van der Waals surface area contributed by atoms with E-state index in [0.29, 0.717) is 54.0 Å². The molecule has 0 spiro atoms. The van der Waals surface area contributed by atoms with Crippen LogP contribution in [-0.2, 0) is 9.59 Å². The molecule has 4 rings (SSSR count). The normalized spacial score (nSPS) is 18.8. The van der Waals surface area contributed by atoms with E-state index >= 15 is 0 Å². The van der Waals surface area contributed by atoms with Crippen LogP contribution in [0.25, 0.3) is 11.3 Å². The number of carbonyl (C=O) groups excluding carboxylic acids is 2. The summed E-state index contributed by atoms with van der Waals surface area (Å²) in [4.78, 5) is 39.2. The van der Waals surface area contributed by atoms with Gasteiger partial charge in [0.2, 0.25) is 11.8 Å². The molecule has 2 amide bonds. The third-order valence-electron chi connectivity index (χ3n) is 5.54. The van der Waals surface area contributed by atoms with E-state index in [2.05, 4.69) is 30.9 Å². The molecule has 2 aliphatic heterocycles. The lowest BCUT2D eigenvalue weighted by atomic mass is 9.99. The Morgan fingerprint density at radius 1 is 1.26 bits per heavy atom. The predicted octanol–water partition coefficient (Wildman–Crippen LogP) is 2.16. The second-order valence-electron chi connectivity index (χ2n) is 7.78. The summed E-state index contributed by atoms with van der Waals surface area (Å²) < 4.78 is 0. The van der Waals surface area contributed by atoms with Gasteiger partial charge in [0.1, 0.15) is 11.6 Å². The minimum absolute atomic E-state index is 0.0501. The van der Waals surface area contributed by atoms with Crippen molar-refractivity contribution in [2.75, 3.05) is 43.4 Å². The average Bonchev–Trinajstić information content (AvgIpc) is 3.20. The molecule has 2 aliphatic rings. The lowest BCUT2D eigenvalue weighted by Gasteiger charge is -2.21. The van der Waals surface area contributed by atoms with Gasteiger partial charge in [0.15, 0.2) is 0 Å². The van der Waals surface area contributed by atoms with Crippen molar-refractivity contribution in [3.63, 3.8) is 0 Å². The Morgan fingerprint density at radius 3 is 2.94 bits per heavy atom. The summed E-state index contributed by atoms with van der Waals surface area (Å²) >= 11 is 6.36. The SMILES string of the molecule is O=C(Nc1cc(-c2cncc(NCCN3CCCC3=O)n2)c(Cl)cn1)[C@@H]1CCCNC1. The van der Waals surface area contributed by atoms with E-state index in [1.807, 2.05) is 4.90 Å². The Hall–Kier alpha value is -2.78. The zero-order chi connectivity index (χ0) is 21.6. The van der Waals surface area contributed by atoms with Crippen molar-refractivity contribution in [2.45, 2.75) is 25.7 Å². The Labute approximate surface area is 186 Å². The number of rotatable bonds is 7. The minimum Gasteiger partial charge on any atom is -0.367 e. The van der Waals surface area contributed by atoms with Crippen molar-refractivity contribution in [1.82, 2.24) is 25.2 Å². The van der Waals surface area contributed by atoms with Gasteiger partial charge in [-0.05, 0) is 31.9 Å². The molecule has 2 aromatic heterocycles. The number of amides is 2. The van der Waals surface area contributed by atoms with Crippen molar-refractivity contribution in [3.8, 4) is 11.3 Å². The van der Waals surface area contributed by atoms with E-state index in [1.165, 1.54) is 6.20 Å². The molecule has 0 aliphatic carbocycles. The van der Waals surface area contributed by atoms with Gasteiger partial charge in [-0.25, -0.2) is 9.97 Å². The maximum absolute atomic E-state index is 12.5. The Kier molecular flexibility index (Phi) is 6.93. The first-order chi connectivity index (χ1) is 15.1. The van der Waals surface area contributed by atoms with Gasteiger partial charge in [0.05, 0.1) is 29.0 Å². The second-order valence-corrected chi connectivity index (χ2v) is 8.19. The maximum atomic E-state index is 12.5. The average molecular weight is 444 g/mol. The van der Waals surface area contributed by atoms with E-state index in [4.69, 9.17) is 11.6 Å². The Balaban J connectivity index is 1.42. The molecule has 3 N–H and O–H groups in total. The topological polar surface area (TPSA) is 112 Å². The molecule has 0 bridgehead atoms. The largest absolute Gasteiger partial charge is 0.367 e. The number of halogens is 1. The first kappa shape index (κ1) is 21.5. The monoisotopic (exact) mass is 443 g/mol. The van der Waals surface area contributed by atoms with Crippen LogP contribution >= 0.6 is 11.6 Å². The number of carbonyl (C=O) groups is 2. The number of hydrogen-bond acceptors (Lipinski definition) is 7.